The zero-order chi connectivity index (χ0) is 22.4. The van der Waals surface area contributed by atoms with Gasteiger partial charge in [0.05, 0.1) is 11.5 Å². The number of hydrogen-bond donors (Lipinski definition) is 3. The third-order valence-electron chi connectivity index (χ3n) is 4.05. The third-order valence-corrected chi connectivity index (χ3v) is 5.63. The van der Waals surface area contributed by atoms with Crippen molar-refractivity contribution >= 4 is 44.5 Å². The Balaban J connectivity index is 1.63. The van der Waals surface area contributed by atoms with Gasteiger partial charge in [-0.3, -0.25) is 4.72 Å². The monoisotopic (exact) mass is 457 g/mol. The molecule has 0 atom stereocenters. The highest BCUT2D eigenvalue weighted by Crippen LogP contribution is 2.19. The first-order valence-electron chi connectivity index (χ1n) is 9.51. The number of thiocarbonyl (C=S) groups is 1. The number of nitrogens with one attached hydrogen (secondary N) is 3. The summed E-state index contributed by atoms with van der Waals surface area (Å²) in [6.07, 6.45) is 0. The van der Waals surface area contributed by atoms with E-state index in [2.05, 4.69) is 25.3 Å². The van der Waals surface area contributed by atoms with E-state index in [9.17, 15) is 8.42 Å². The van der Waals surface area contributed by atoms with E-state index in [1.807, 2.05) is 31.2 Å². The SMILES string of the molecule is CCOc1ccc(NC(=S)Nc2ccc(S(=O)(=O)Nc3cc(C)nc(C)n3)cc2)cc1. The normalized spacial score (nSPS) is 10.9. The fourth-order valence-electron chi connectivity index (χ4n) is 2.78. The van der Waals surface area contributed by atoms with E-state index >= 15 is 0 Å². The fourth-order valence-corrected chi connectivity index (χ4v) is 4.01. The lowest BCUT2D eigenvalue weighted by atomic mass is 10.3. The van der Waals surface area contributed by atoms with Crippen LogP contribution in [-0.2, 0) is 10.0 Å². The molecule has 0 unspecified atom stereocenters. The van der Waals surface area contributed by atoms with Crippen LogP contribution in [0.3, 0.4) is 0 Å². The Kier molecular flexibility index (Phi) is 7.03. The first kappa shape index (κ1) is 22.4. The van der Waals surface area contributed by atoms with E-state index in [0.717, 1.165) is 11.4 Å². The van der Waals surface area contributed by atoms with Crippen LogP contribution in [0.4, 0.5) is 17.2 Å². The summed E-state index contributed by atoms with van der Waals surface area (Å²) < 4.78 is 33.2. The standard InChI is InChI=1S/C21H23N5O3S2/c1-4-29-18-9-5-16(6-10-18)24-21(30)25-17-7-11-19(12-8-17)31(27,28)26-20-13-14(2)22-15(3)23-20/h5-13H,4H2,1-3H3,(H,22,23,26)(H2,24,25,30). The minimum absolute atomic E-state index is 0.109. The van der Waals surface area contributed by atoms with Crippen LogP contribution in [0.1, 0.15) is 18.4 Å². The Morgan fingerprint density at radius 2 is 1.55 bits per heavy atom. The topological polar surface area (TPSA) is 105 Å². The van der Waals surface area contributed by atoms with Crippen molar-refractivity contribution in [3.05, 3.63) is 66.1 Å². The molecular weight excluding hydrogens is 434 g/mol. The van der Waals surface area contributed by atoms with Crippen LogP contribution in [0.25, 0.3) is 0 Å². The zero-order valence-corrected chi connectivity index (χ0v) is 19.0. The summed E-state index contributed by atoms with van der Waals surface area (Å²) in [5.41, 5.74) is 2.13. The number of rotatable bonds is 7. The molecule has 3 N–H and O–H groups in total. The van der Waals surface area contributed by atoms with Crippen molar-refractivity contribution in [3.8, 4) is 5.75 Å². The van der Waals surface area contributed by atoms with Crippen LogP contribution >= 0.6 is 12.2 Å². The van der Waals surface area contributed by atoms with E-state index < -0.39 is 10.0 Å². The summed E-state index contributed by atoms with van der Waals surface area (Å²) in [5.74, 6) is 1.50. The maximum atomic E-state index is 12.6. The molecule has 8 nitrogen and oxygen atoms in total. The third kappa shape index (κ3) is 6.37. The van der Waals surface area contributed by atoms with Gasteiger partial charge in [-0.2, -0.15) is 0 Å². The van der Waals surface area contributed by atoms with E-state index in [1.54, 1.807) is 32.0 Å². The highest BCUT2D eigenvalue weighted by molar-refractivity contribution is 7.92. The molecule has 1 heterocycles. The molecule has 0 radical (unpaired) electrons. The molecule has 0 aliphatic rings. The maximum Gasteiger partial charge on any atom is 0.263 e. The molecule has 1 aromatic heterocycles. The van der Waals surface area contributed by atoms with E-state index in [4.69, 9.17) is 17.0 Å². The molecule has 10 heteroatoms. The minimum Gasteiger partial charge on any atom is -0.494 e. The lowest BCUT2D eigenvalue weighted by Gasteiger charge is -2.12. The van der Waals surface area contributed by atoms with Crippen molar-refractivity contribution in [2.75, 3.05) is 22.0 Å². The maximum absolute atomic E-state index is 12.6. The minimum atomic E-state index is -3.78. The summed E-state index contributed by atoms with van der Waals surface area (Å²) in [6, 6.07) is 15.2. The summed E-state index contributed by atoms with van der Waals surface area (Å²) in [7, 11) is -3.78. The molecule has 3 rings (SSSR count). The quantitative estimate of drug-likeness (QED) is 0.456. The van der Waals surface area contributed by atoms with Crippen molar-refractivity contribution in [3.63, 3.8) is 0 Å². The molecule has 0 saturated heterocycles. The molecule has 3 aromatic rings. The largest absolute Gasteiger partial charge is 0.494 e. The number of sulfonamides is 1. The molecule has 0 spiro atoms. The molecular formula is C21H23N5O3S2. The first-order valence-corrected chi connectivity index (χ1v) is 11.4. The molecule has 0 saturated carbocycles. The Bertz CT molecular complexity index is 1140. The number of ether oxygens (including phenoxy) is 1. The second-order valence-corrected chi connectivity index (χ2v) is 8.70. The number of aryl methyl sites for hydroxylation is 2. The molecule has 0 aliphatic carbocycles. The molecule has 162 valence electrons. The van der Waals surface area contributed by atoms with Crippen LogP contribution < -0.4 is 20.1 Å². The van der Waals surface area contributed by atoms with Gasteiger partial charge in [0.25, 0.3) is 10.0 Å². The lowest BCUT2D eigenvalue weighted by molar-refractivity contribution is 0.340. The summed E-state index contributed by atoms with van der Waals surface area (Å²) in [4.78, 5) is 8.36. The van der Waals surface area contributed by atoms with Gasteiger partial charge in [0.2, 0.25) is 0 Å². The van der Waals surface area contributed by atoms with Crippen LogP contribution in [0, 0.1) is 13.8 Å². The number of hydrogen-bond acceptors (Lipinski definition) is 6. The van der Waals surface area contributed by atoms with Crippen LogP contribution in [0.2, 0.25) is 0 Å². The smallest absolute Gasteiger partial charge is 0.263 e. The number of nitrogens with zero attached hydrogens (tertiary/aromatic N) is 2. The number of aromatic nitrogens is 2. The summed E-state index contributed by atoms with van der Waals surface area (Å²) >= 11 is 5.32. The average molecular weight is 458 g/mol. The van der Waals surface area contributed by atoms with Gasteiger partial charge in [-0.1, -0.05) is 0 Å². The summed E-state index contributed by atoms with van der Waals surface area (Å²) in [6.45, 7) is 6.01. The predicted octanol–water partition coefficient (Wildman–Crippen LogP) is 4.10. The van der Waals surface area contributed by atoms with E-state index in [0.29, 0.717) is 28.9 Å². The van der Waals surface area contributed by atoms with Gasteiger partial charge in [0, 0.05) is 23.1 Å². The highest BCUT2D eigenvalue weighted by atomic mass is 32.2. The van der Waals surface area contributed by atoms with Crippen molar-refractivity contribution in [2.45, 2.75) is 25.7 Å². The molecule has 0 amide bonds. The second kappa shape index (κ2) is 9.71. The fraction of sp³-hybridized carbons (Fsp3) is 0.190. The van der Waals surface area contributed by atoms with Crippen LogP contribution in [0.15, 0.2) is 59.5 Å². The Labute approximate surface area is 187 Å². The van der Waals surface area contributed by atoms with Crippen LogP contribution in [-0.4, -0.2) is 30.1 Å². The van der Waals surface area contributed by atoms with Gasteiger partial charge < -0.3 is 15.4 Å². The van der Waals surface area contributed by atoms with Crippen molar-refractivity contribution in [1.29, 1.82) is 0 Å². The predicted molar refractivity (Wildman–Crippen MR) is 126 cm³/mol. The lowest BCUT2D eigenvalue weighted by Crippen LogP contribution is -2.19. The Morgan fingerprint density at radius 3 is 2.10 bits per heavy atom. The molecule has 31 heavy (non-hydrogen) atoms. The van der Waals surface area contributed by atoms with Crippen molar-refractivity contribution < 1.29 is 13.2 Å². The van der Waals surface area contributed by atoms with Gasteiger partial charge >= 0.3 is 0 Å². The highest BCUT2D eigenvalue weighted by Gasteiger charge is 2.15. The zero-order valence-electron chi connectivity index (χ0n) is 17.3. The van der Waals surface area contributed by atoms with Gasteiger partial charge in [-0.25, -0.2) is 18.4 Å². The molecule has 0 aliphatic heterocycles. The van der Waals surface area contributed by atoms with Crippen LogP contribution in [0.5, 0.6) is 5.75 Å². The second-order valence-electron chi connectivity index (χ2n) is 6.61. The van der Waals surface area contributed by atoms with Gasteiger partial charge in [-0.05, 0) is 81.5 Å². The van der Waals surface area contributed by atoms with Crippen molar-refractivity contribution in [2.24, 2.45) is 0 Å². The van der Waals surface area contributed by atoms with Crippen molar-refractivity contribution in [1.82, 2.24) is 9.97 Å². The Hall–Kier alpha value is -3.24. The molecule has 0 fully saturated rings. The first-order chi connectivity index (χ1) is 14.7. The van der Waals surface area contributed by atoms with E-state index in [-0.39, 0.29) is 10.7 Å². The number of anilines is 3. The van der Waals surface area contributed by atoms with Gasteiger partial charge in [-0.15, -0.1) is 0 Å². The Morgan fingerprint density at radius 1 is 0.968 bits per heavy atom. The molecule has 2 aromatic carbocycles. The van der Waals surface area contributed by atoms with Gasteiger partial charge in [0.15, 0.2) is 5.11 Å². The van der Waals surface area contributed by atoms with Gasteiger partial charge in [0.1, 0.15) is 17.4 Å². The molecule has 0 bridgehead atoms. The summed E-state index contributed by atoms with van der Waals surface area (Å²) in [5, 5.41) is 6.47. The van der Waals surface area contributed by atoms with E-state index in [1.165, 1.54) is 12.1 Å². The average Bonchev–Trinajstić information content (AvgIpc) is 2.69. The number of benzene rings is 2.